The third-order valence-corrected chi connectivity index (χ3v) is 4.76. The van der Waals surface area contributed by atoms with Crippen LogP contribution in [0.25, 0.3) is 0 Å². The Morgan fingerprint density at radius 1 is 1.32 bits per heavy atom. The van der Waals surface area contributed by atoms with Gasteiger partial charge < -0.3 is 10.2 Å². The third kappa shape index (κ3) is 3.00. The van der Waals surface area contributed by atoms with Gasteiger partial charge in [-0.25, -0.2) is 0 Å². The van der Waals surface area contributed by atoms with Crippen LogP contribution >= 0.6 is 15.9 Å². The molecule has 1 amide bonds. The summed E-state index contributed by atoms with van der Waals surface area (Å²) >= 11 is 3.58. The fraction of sp³-hybridized carbons (Fsp3) is 0.533. The van der Waals surface area contributed by atoms with Crippen LogP contribution in [0.2, 0.25) is 0 Å². The molecular weight excluding hydrogens is 304 g/mol. The number of halogens is 1. The molecule has 1 N–H and O–H groups in total. The molecule has 1 atom stereocenters. The molecule has 1 aliphatic heterocycles. The van der Waals surface area contributed by atoms with E-state index in [0.29, 0.717) is 17.9 Å². The SMILES string of the molecule is O=C(C1CC1)N(Cc1ccccc1Br)[C@H]1CCNC1. The second kappa shape index (κ2) is 5.63. The highest BCUT2D eigenvalue weighted by Crippen LogP contribution is 2.33. The fourth-order valence-corrected chi connectivity index (χ4v) is 3.08. The number of hydrogen-bond acceptors (Lipinski definition) is 2. The van der Waals surface area contributed by atoms with Crippen molar-refractivity contribution in [3.63, 3.8) is 0 Å². The summed E-state index contributed by atoms with van der Waals surface area (Å²) in [5, 5.41) is 3.36. The molecule has 3 rings (SSSR count). The van der Waals surface area contributed by atoms with E-state index in [1.165, 1.54) is 5.56 Å². The minimum Gasteiger partial charge on any atom is -0.334 e. The van der Waals surface area contributed by atoms with Crippen LogP contribution in [-0.4, -0.2) is 29.9 Å². The molecule has 4 heteroatoms. The highest BCUT2D eigenvalue weighted by atomic mass is 79.9. The number of rotatable bonds is 4. The van der Waals surface area contributed by atoms with Gasteiger partial charge in [-0.05, 0) is 37.4 Å². The standard InChI is InChI=1S/C15H19BrN2O/c16-14-4-2-1-3-12(14)10-18(13-7-8-17-9-13)15(19)11-5-6-11/h1-4,11,13,17H,5-10H2/t13-/m0/s1. The molecule has 1 saturated carbocycles. The van der Waals surface area contributed by atoms with Crippen LogP contribution in [0.5, 0.6) is 0 Å². The number of benzene rings is 1. The number of hydrogen-bond donors (Lipinski definition) is 1. The first-order chi connectivity index (χ1) is 9.25. The molecule has 0 spiro atoms. The van der Waals surface area contributed by atoms with Gasteiger partial charge in [0, 0.05) is 29.5 Å². The highest BCUT2D eigenvalue weighted by Gasteiger charge is 2.37. The van der Waals surface area contributed by atoms with E-state index < -0.39 is 0 Å². The predicted molar refractivity (Wildman–Crippen MR) is 78.7 cm³/mol. The molecule has 2 fully saturated rings. The molecule has 0 aromatic heterocycles. The van der Waals surface area contributed by atoms with Crippen molar-refractivity contribution in [2.75, 3.05) is 13.1 Å². The number of nitrogens with zero attached hydrogens (tertiary/aromatic N) is 1. The lowest BCUT2D eigenvalue weighted by Gasteiger charge is -2.29. The molecule has 1 aromatic carbocycles. The summed E-state index contributed by atoms with van der Waals surface area (Å²) in [6.07, 6.45) is 3.22. The number of carbonyl (C=O) groups excluding carboxylic acids is 1. The van der Waals surface area contributed by atoms with Gasteiger partial charge in [0.15, 0.2) is 0 Å². The lowest BCUT2D eigenvalue weighted by atomic mass is 10.1. The number of carbonyl (C=O) groups is 1. The van der Waals surface area contributed by atoms with Crippen molar-refractivity contribution in [1.29, 1.82) is 0 Å². The predicted octanol–water partition coefficient (Wildman–Crippen LogP) is 2.55. The lowest BCUT2D eigenvalue weighted by Crippen LogP contribution is -2.42. The maximum atomic E-state index is 12.5. The van der Waals surface area contributed by atoms with E-state index in [1.54, 1.807) is 0 Å². The van der Waals surface area contributed by atoms with Crippen molar-refractivity contribution >= 4 is 21.8 Å². The molecule has 1 heterocycles. The van der Waals surface area contributed by atoms with E-state index >= 15 is 0 Å². The summed E-state index contributed by atoms with van der Waals surface area (Å²) in [7, 11) is 0. The van der Waals surface area contributed by atoms with Gasteiger partial charge >= 0.3 is 0 Å². The number of amides is 1. The summed E-state index contributed by atoms with van der Waals surface area (Å²) in [5.74, 6) is 0.646. The smallest absolute Gasteiger partial charge is 0.226 e. The summed E-state index contributed by atoms with van der Waals surface area (Å²) in [4.78, 5) is 14.6. The largest absolute Gasteiger partial charge is 0.334 e. The van der Waals surface area contributed by atoms with Crippen LogP contribution in [0.1, 0.15) is 24.8 Å². The van der Waals surface area contributed by atoms with E-state index in [-0.39, 0.29) is 0 Å². The van der Waals surface area contributed by atoms with Gasteiger partial charge in [0.25, 0.3) is 0 Å². The fourth-order valence-electron chi connectivity index (χ4n) is 2.67. The van der Waals surface area contributed by atoms with E-state index in [4.69, 9.17) is 0 Å². The lowest BCUT2D eigenvalue weighted by molar-refractivity contribution is -0.135. The Kier molecular flexibility index (Phi) is 3.89. The van der Waals surface area contributed by atoms with Crippen LogP contribution in [0.15, 0.2) is 28.7 Å². The van der Waals surface area contributed by atoms with Crippen LogP contribution in [0, 0.1) is 5.92 Å². The molecule has 1 aromatic rings. The van der Waals surface area contributed by atoms with E-state index in [9.17, 15) is 4.79 Å². The summed E-state index contributed by atoms with van der Waals surface area (Å²) in [6, 6.07) is 8.55. The first kappa shape index (κ1) is 13.1. The van der Waals surface area contributed by atoms with E-state index in [0.717, 1.165) is 43.4 Å². The van der Waals surface area contributed by atoms with Gasteiger partial charge in [-0.15, -0.1) is 0 Å². The Morgan fingerprint density at radius 2 is 2.11 bits per heavy atom. The first-order valence-electron chi connectivity index (χ1n) is 7.00. The average Bonchev–Trinajstić information content (AvgIpc) is 3.13. The highest BCUT2D eigenvalue weighted by molar-refractivity contribution is 9.10. The molecule has 3 nitrogen and oxygen atoms in total. The molecule has 1 aliphatic carbocycles. The Labute approximate surface area is 122 Å². The monoisotopic (exact) mass is 322 g/mol. The van der Waals surface area contributed by atoms with Crippen LogP contribution < -0.4 is 5.32 Å². The first-order valence-corrected chi connectivity index (χ1v) is 7.79. The second-order valence-electron chi connectivity index (χ2n) is 5.48. The normalized spacial score (nSPS) is 22.5. The van der Waals surface area contributed by atoms with Crippen molar-refractivity contribution in [2.24, 2.45) is 5.92 Å². The average molecular weight is 323 g/mol. The zero-order valence-electron chi connectivity index (χ0n) is 10.9. The van der Waals surface area contributed by atoms with Crippen LogP contribution in [0.4, 0.5) is 0 Å². The van der Waals surface area contributed by atoms with E-state index in [1.807, 2.05) is 18.2 Å². The van der Waals surface area contributed by atoms with E-state index in [2.05, 4.69) is 32.2 Å². The molecule has 102 valence electrons. The third-order valence-electron chi connectivity index (χ3n) is 3.98. The number of nitrogens with one attached hydrogen (secondary N) is 1. The zero-order chi connectivity index (χ0) is 13.2. The quantitative estimate of drug-likeness (QED) is 0.924. The molecule has 2 aliphatic rings. The second-order valence-corrected chi connectivity index (χ2v) is 6.33. The Bertz CT molecular complexity index is 467. The molecular formula is C15H19BrN2O. The van der Waals surface area contributed by atoms with Gasteiger partial charge in [0.05, 0.1) is 0 Å². The van der Waals surface area contributed by atoms with Crippen LogP contribution in [0.3, 0.4) is 0 Å². The van der Waals surface area contributed by atoms with Crippen molar-refractivity contribution < 1.29 is 4.79 Å². The summed E-state index contributed by atoms with van der Waals surface area (Å²) in [5.41, 5.74) is 1.20. The van der Waals surface area contributed by atoms with Crippen molar-refractivity contribution in [1.82, 2.24) is 10.2 Å². The summed E-state index contributed by atoms with van der Waals surface area (Å²) in [6.45, 7) is 2.68. The maximum Gasteiger partial charge on any atom is 0.226 e. The van der Waals surface area contributed by atoms with Crippen molar-refractivity contribution in [3.05, 3.63) is 34.3 Å². The zero-order valence-corrected chi connectivity index (χ0v) is 12.5. The van der Waals surface area contributed by atoms with Gasteiger partial charge in [-0.1, -0.05) is 34.1 Å². The van der Waals surface area contributed by atoms with Gasteiger partial charge in [0.2, 0.25) is 5.91 Å². The van der Waals surface area contributed by atoms with Gasteiger partial charge in [-0.3, -0.25) is 4.79 Å². The molecule has 19 heavy (non-hydrogen) atoms. The molecule has 1 saturated heterocycles. The molecule has 0 unspecified atom stereocenters. The van der Waals surface area contributed by atoms with Crippen molar-refractivity contribution in [2.45, 2.75) is 31.8 Å². The Morgan fingerprint density at radius 3 is 2.74 bits per heavy atom. The molecule has 0 radical (unpaired) electrons. The molecule has 0 bridgehead atoms. The van der Waals surface area contributed by atoms with Crippen molar-refractivity contribution in [3.8, 4) is 0 Å². The van der Waals surface area contributed by atoms with Gasteiger partial charge in [-0.2, -0.15) is 0 Å². The van der Waals surface area contributed by atoms with Crippen LogP contribution in [-0.2, 0) is 11.3 Å². The Balaban J connectivity index is 1.78. The topological polar surface area (TPSA) is 32.3 Å². The van der Waals surface area contributed by atoms with Gasteiger partial charge in [0.1, 0.15) is 0 Å². The minimum atomic E-state index is 0.295. The Hall–Kier alpha value is -0.870. The summed E-state index contributed by atoms with van der Waals surface area (Å²) < 4.78 is 1.09. The maximum absolute atomic E-state index is 12.5. The minimum absolute atomic E-state index is 0.295.